The fourth-order valence-corrected chi connectivity index (χ4v) is 3.75. The maximum absolute atomic E-state index is 2.38. The van der Waals surface area contributed by atoms with Crippen LogP contribution >= 0.6 is 0 Å². The molecule has 0 amide bonds. The van der Waals surface area contributed by atoms with E-state index in [1.165, 1.54) is 0 Å². The predicted molar refractivity (Wildman–Crippen MR) is 47.9 cm³/mol. The van der Waals surface area contributed by atoms with Gasteiger partial charge in [-0.3, -0.25) is 0 Å². The van der Waals surface area contributed by atoms with Crippen molar-refractivity contribution in [3.63, 3.8) is 0 Å². The molecule has 0 bridgehead atoms. The number of hydrogen-bond donors (Lipinski definition) is 0. The van der Waals surface area contributed by atoms with E-state index in [0.29, 0.717) is 0 Å². The van der Waals surface area contributed by atoms with Crippen LogP contribution in [0.25, 0.3) is 0 Å². The first-order valence-electron chi connectivity index (χ1n) is 3.92. The fraction of sp³-hybridized carbons (Fsp3) is 1.00. The van der Waals surface area contributed by atoms with E-state index in [0.717, 1.165) is 10.2 Å². The van der Waals surface area contributed by atoms with Gasteiger partial charge < -0.3 is 0 Å². The van der Waals surface area contributed by atoms with Crippen LogP contribution in [0.5, 0.6) is 0 Å². The first-order chi connectivity index (χ1) is 3.92. The molecule has 0 aromatic heterocycles. The Balaban J connectivity index is 3.28. The zero-order valence-electron chi connectivity index (χ0n) is 7.49. The van der Waals surface area contributed by atoms with E-state index >= 15 is 0 Å². The zero-order chi connectivity index (χ0) is 7.49. The van der Waals surface area contributed by atoms with Gasteiger partial charge in [-0.2, -0.15) is 0 Å². The molecule has 9 heavy (non-hydrogen) atoms. The molecule has 0 saturated heterocycles. The van der Waals surface area contributed by atoms with Crippen molar-refractivity contribution in [3.05, 3.63) is 0 Å². The Morgan fingerprint density at radius 3 is 1.78 bits per heavy atom. The zero-order valence-corrected chi connectivity index (χ0v) is 10.5. The molecule has 0 rings (SSSR count). The van der Waals surface area contributed by atoms with Crippen LogP contribution in [0.4, 0.5) is 0 Å². The van der Waals surface area contributed by atoms with Crippen molar-refractivity contribution >= 4 is 15.4 Å². The van der Waals surface area contributed by atoms with Gasteiger partial charge in [0.1, 0.15) is 0 Å². The molecule has 1 heteroatoms. The molecule has 0 aliphatic heterocycles. The second-order valence-electron chi connectivity index (χ2n) is 4.49. The van der Waals surface area contributed by atoms with Gasteiger partial charge in [-0.05, 0) is 0 Å². The Kier molecular flexibility index (Phi) is 3.87. The molecule has 0 radical (unpaired) electrons. The normalized spacial score (nSPS) is 14.0. The molecule has 56 valence electrons. The summed E-state index contributed by atoms with van der Waals surface area (Å²) >= 11 is -0.200. The summed E-state index contributed by atoms with van der Waals surface area (Å²) in [5, 5.41) is 1.55. The molecule has 0 unspecified atom stereocenters. The molecule has 0 aliphatic carbocycles. The quantitative estimate of drug-likeness (QED) is 0.585. The summed E-state index contributed by atoms with van der Waals surface area (Å²) < 4.78 is 0.720. The summed E-state index contributed by atoms with van der Waals surface area (Å²) in [7, 11) is 0. The van der Waals surface area contributed by atoms with Crippen LogP contribution in [0.3, 0.4) is 0 Å². The fourth-order valence-electron chi connectivity index (χ4n) is 0.722. The molecule has 0 spiro atoms. The van der Waals surface area contributed by atoms with Gasteiger partial charge in [0.15, 0.2) is 0 Å². The summed E-state index contributed by atoms with van der Waals surface area (Å²) in [6.45, 7) is 11.8. The van der Waals surface area contributed by atoms with Gasteiger partial charge in [0.25, 0.3) is 0 Å². The monoisotopic (exact) mass is 190 g/mol. The number of rotatable bonds is 2. The Morgan fingerprint density at radius 1 is 1.22 bits per heavy atom. The van der Waals surface area contributed by atoms with Gasteiger partial charge in [0.2, 0.25) is 0 Å². The van der Waals surface area contributed by atoms with Crippen molar-refractivity contribution in [2.75, 3.05) is 0 Å². The van der Waals surface area contributed by atoms with Gasteiger partial charge in [-0.1, -0.05) is 0 Å². The van der Waals surface area contributed by atoms with Gasteiger partial charge in [0.05, 0.1) is 0 Å². The van der Waals surface area contributed by atoms with Gasteiger partial charge in [0, 0.05) is 0 Å². The summed E-state index contributed by atoms with van der Waals surface area (Å²) in [5.74, 6) is 0.948. The minimum atomic E-state index is -0.200. The molecule has 0 heterocycles. The first-order valence-corrected chi connectivity index (χ1v) is 7.50. The minimum absolute atomic E-state index is 0.200. The van der Waals surface area contributed by atoms with Crippen molar-refractivity contribution in [3.8, 4) is 0 Å². The van der Waals surface area contributed by atoms with Crippen molar-refractivity contribution in [2.45, 2.75) is 44.1 Å². The maximum atomic E-state index is 2.38. The van der Waals surface area contributed by atoms with Gasteiger partial charge in [-0.25, -0.2) is 0 Å². The molecular formula is C8H20Ge. The summed E-state index contributed by atoms with van der Waals surface area (Å²) in [6, 6.07) is 0. The molecule has 0 aromatic carbocycles. The van der Waals surface area contributed by atoms with Crippen LogP contribution in [0.1, 0.15) is 34.6 Å². The molecule has 0 aliphatic rings. The van der Waals surface area contributed by atoms with E-state index in [1.807, 2.05) is 0 Å². The van der Waals surface area contributed by atoms with Crippen molar-refractivity contribution < 1.29 is 0 Å². The molecule has 0 fully saturated rings. The van der Waals surface area contributed by atoms with Crippen molar-refractivity contribution in [1.29, 1.82) is 0 Å². The van der Waals surface area contributed by atoms with Crippen LogP contribution in [-0.2, 0) is 0 Å². The van der Waals surface area contributed by atoms with E-state index in [1.54, 1.807) is 5.25 Å². The summed E-state index contributed by atoms with van der Waals surface area (Å²) in [6.07, 6.45) is 0. The van der Waals surface area contributed by atoms with E-state index in [2.05, 4.69) is 34.6 Å². The van der Waals surface area contributed by atoms with E-state index in [9.17, 15) is 0 Å². The van der Waals surface area contributed by atoms with Crippen LogP contribution in [0.15, 0.2) is 0 Å². The van der Waals surface area contributed by atoms with E-state index < -0.39 is 0 Å². The summed E-state index contributed by atoms with van der Waals surface area (Å²) in [5.41, 5.74) is 0. The third-order valence-electron chi connectivity index (χ3n) is 1.47. The molecule has 0 aromatic rings. The van der Waals surface area contributed by atoms with Crippen molar-refractivity contribution in [2.24, 2.45) is 5.92 Å². The van der Waals surface area contributed by atoms with E-state index in [4.69, 9.17) is 0 Å². The SMILES string of the molecule is CC(C)[CH2][GeH2][C](C)(C)C. The molecular weight excluding hydrogens is 169 g/mol. The molecule has 0 N–H and O–H groups in total. The Morgan fingerprint density at radius 2 is 1.67 bits per heavy atom. The van der Waals surface area contributed by atoms with Crippen LogP contribution in [-0.4, -0.2) is 15.4 Å². The van der Waals surface area contributed by atoms with E-state index in [-0.39, 0.29) is 15.4 Å². The van der Waals surface area contributed by atoms with Crippen molar-refractivity contribution in [1.82, 2.24) is 0 Å². The molecule has 0 nitrogen and oxygen atoms in total. The standard InChI is InChI=1S/C8H20Ge/c1-7(2)6-9-8(3,4)5/h7H,6,9H2,1-5H3. The average molecular weight is 189 g/mol. The van der Waals surface area contributed by atoms with Crippen LogP contribution in [0, 0.1) is 5.92 Å². The first kappa shape index (κ1) is 9.54. The number of hydrogen-bond acceptors (Lipinski definition) is 0. The van der Waals surface area contributed by atoms with Gasteiger partial charge in [-0.15, -0.1) is 0 Å². The summed E-state index contributed by atoms with van der Waals surface area (Å²) in [4.78, 5) is 0. The second kappa shape index (κ2) is 3.65. The third kappa shape index (κ3) is 8.54. The van der Waals surface area contributed by atoms with Gasteiger partial charge >= 0.3 is 65.5 Å². The average Bonchev–Trinajstić information content (AvgIpc) is 1.59. The Hall–Kier alpha value is 0.543. The van der Waals surface area contributed by atoms with Crippen LogP contribution in [0.2, 0.25) is 9.50 Å². The van der Waals surface area contributed by atoms with Crippen LogP contribution < -0.4 is 0 Å². The molecule has 0 atom stereocenters. The molecule has 0 saturated carbocycles. The topological polar surface area (TPSA) is 0 Å². The third-order valence-corrected chi connectivity index (χ3v) is 7.65. The Bertz CT molecular complexity index is 69.1. The second-order valence-corrected chi connectivity index (χ2v) is 11.2. The predicted octanol–water partition coefficient (Wildman–Crippen LogP) is 2.45. The Labute approximate surface area is 65.9 Å².